The summed E-state index contributed by atoms with van der Waals surface area (Å²) in [6.45, 7) is 2.46. The first kappa shape index (κ1) is 27.0. The van der Waals surface area contributed by atoms with E-state index in [2.05, 4.69) is 5.32 Å². The highest BCUT2D eigenvalue weighted by atomic mass is 32.2. The lowest BCUT2D eigenvalue weighted by Gasteiger charge is -2.14. The van der Waals surface area contributed by atoms with Crippen LogP contribution in [0.25, 0.3) is 33.1 Å². The number of carbonyl (C=O) groups is 1. The standard InChI is InChI=1S/C29H28N4O6S/c1-5-33-16-28(40(30,35)36)23-12-17(6-11-26(23)33)31-29(34)22-15-25(20-9-7-19(38-3)14-27(20)39-4)32-24-10-8-18(37-2)13-21(22)24/h6-16H,5H2,1-4H3,(H,31,34)(H2,30,35,36). The first-order valence-electron chi connectivity index (χ1n) is 12.3. The van der Waals surface area contributed by atoms with Gasteiger partial charge in [-0.05, 0) is 61.5 Å². The third kappa shape index (κ3) is 4.92. The molecule has 3 N–H and O–H groups in total. The Bertz CT molecular complexity index is 1880. The molecule has 40 heavy (non-hydrogen) atoms. The van der Waals surface area contributed by atoms with Crippen LogP contribution in [0.4, 0.5) is 5.69 Å². The van der Waals surface area contributed by atoms with Crippen LogP contribution < -0.4 is 24.7 Å². The summed E-state index contributed by atoms with van der Waals surface area (Å²) in [6, 6.07) is 17.4. The number of aromatic nitrogens is 2. The molecule has 5 aromatic rings. The van der Waals surface area contributed by atoms with E-state index in [1.54, 1.807) is 80.5 Å². The van der Waals surface area contributed by atoms with Crippen LogP contribution in [0.1, 0.15) is 17.3 Å². The molecule has 0 fully saturated rings. The number of rotatable bonds is 8. The maximum atomic E-state index is 13.8. The Kier molecular flexibility index (Phi) is 7.09. The first-order chi connectivity index (χ1) is 19.2. The number of hydrogen-bond donors (Lipinski definition) is 2. The van der Waals surface area contributed by atoms with Gasteiger partial charge in [0.1, 0.15) is 22.1 Å². The SMILES string of the molecule is CCn1cc(S(N)(=O)=O)c2cc(NC(=O)c3cc(-c4ccc(OC)cc4OC)nc4ccc(OC)cc34)ccc21. The summed E-state index contributed by atoms with van der Waals surface area (Å²) in [5.41, 5.74) is 3.22. The second-order valence-corrected chi connectivity index (χ2v) is 10.5. The number of anilines is 1. The Morgan fingerprint density at radius 3 is 2.33 bits per heavy atom. The molecule has 206 valence electrons. The zero-order chi connectivity index (χ0) is 28.6. The molecule has 3 aromatic carbocycles. The average molecular weight is 561 g/mol. The summed E-state index contributed by atoms with van der Waals surface area (Å²) in [7, 11) is 0.690. The van der Waals surface area contributed by atoms with Gasteiger partial charge in [-0.1, -0.05) is 0 Å². The quantitative estimate of drug-likeness (QED) is 0.278. The third-order valence-corrected chi connectivity index (χ3v) is 7.63. The van der Waals surface area contributed by atoms with Crippen molar-refractivity contribution in [2.45, 2.75) is 18.4 Å². The number of methoxy groups -OCH3 is 3. The van der Waals surface area contributed by atoms with Gasteiger partial charge < -0.3 is 24.1 Å². The van der Waals surface area contributed by atoms with Gasteiger partial charge in [-0.2, -0.15) is 0 Å². The number of hydrogen-bond acceptors (Lipinski definition) is 7. The number of benzene rings is 3. The number of fused-ring (bicyclic) bond motifs is 2. The van der Waals surface area contributed by atoms with Crippen LogP contribution in [0, 0.1) is 0 Å². The van der Waals surface area contributed by atoms with Crippen molar-refractivity contribution < 1.29 is 27.4 Å². The molecule has 0 radical (unpaired) electrons. The second-order valence-electron chi connectivity index (χ2n) is 9.01. The van der Waals surface area contributed by atoms with Gasteiger partial charge in [0, 0.05) is 46.3 Å². The number of nitrogens with two attached hydrogens (primary N) is 1. The minimum Gasteiger partial charge on any atom is -0.497 e. The van der Waals surface area contributed by atoms with E-state index in [4.69, 9.17) is 24.3 Å². The van der Waals surface area contributed by atoms with Crippen molar-refractivity contribution in [3.63, 3.8) is 0 Å². The topological polar surface area (TPSA) is 135 Å². The van der Waals surface area contributed by atoms with Crippen LogP contribution in [-0.2, 0) is 16.6 Å². The molecule has 0 saturated carbocycles. The van der Waals surface area contributed by atoms with Crippen molar-refractivity contribution in [1.82, 2.24) is 9.55 Å². The van der Waals surface area contributed by atoms with Crippen LogP contribution in [0.3, 0.4) is 0 Å². The molecule has 0 spiro atoms. The largest absolute Gasteiger partial charge is 0.497 e. The molecule has 2 aromatic heterocycles. The van der Waals surface area contributed by atoms with Crippen LogP contribution in [0.2, 0.25) is 0 Å². The fourth-order valence-electron chi connectivity index (χ4n) is 4.70. The second kappa shape index (κ2) is 10.5. The lowest BCUT2D eigenvalue weighted by molar-refractivity contribution is 0.102. The van der Waals surface area contributed by atoms with Gasteiger partial charge >= 0.3 is 0 Å². The zero-order valence-corrected chi connectivity index (χ0v) is 23.2. The predicted molar refractivity (Wildman–Crippen MR) is 154 cm³/mol. The fourth-order valence-corrected chi connectivity index (χ4v) is 5.44. The monoisotopic (exact) mass is 560 g/mol. The van der Waals surface area contributed by atoms with Gasteiger partial charge in [0.2, 0.25) is 10.0 Å². The van der Waals surface area contributed by atoms with Crippen molar-refractivity contribution in [3.05, 3.63) is 72.4 Å². The van der Waals surface area contributed by atoms with Crippen molar-refractivity contribution in [1.29, 1.82) is 0 Å². The van der Waals surface area contributed by atoms with Crippen molar-refractivity contribution >= 4 is 43.4 Å². The predicted octanol–water partition coefficient (Wildman–Crippen LogP) is 4.80. The molecule has 1 amide bonds. The summed E-state index contributed by atoms with van der Waals surface area (Å²) >= 11 is 0. The lowest BCUT2D eigenvalue weighted by Crippen LogP contribution is -2.14. The first-order valence-corrected chi connectivity index (χ1v) is 13.9. The Balaban J connectivity index is 1.63. The number of pyridine rings is 1. The van der Waals surface area contributed by atoms with Gasteiger partial charge in [0.25, 0.3) is 5.91 Å². The summed E-state index contributed by atoms with van der Waals surface area (Å²) in [6.07, 6.45) is 1.50. The van der Waals surface area contributed by atoms with Crippen LogP contribution in [-0.4, -0.2) is 45.2 Å². The highest BCUT2D eigenvalue weighted by molar-refractivity contribution is 7.89. The van der Waals surface area contributed by atoms with E-state index < -0.39 is 15.9 Å². The molecular formula is C29H28N4O6S. The van der Waals surface area contributed by atoms with Crippen molar-refractivity contribution in [3.8, 4) is 28.5 Å². The van der Waals surface area contributed by atoms with Crippen molar-refractivity contribution in [2.75, 3.05) is 26.6 Å². The minimum absolute atomic E-state index is 0.00608. The van der Waals surface area contributed by atoms with E-state index in [-0.39, 0.29) is 4.90 Å². The molecule has 0 unspecified atom stereocenters. The highest BCUT2D eigenvalue weighted by Gasteiger charge is 2.20. The van der Waals surface area contributed by atoms with E-state index in [0.29, 0.717) is 68.1 Å². The number of sulfonamides is 1. The van der Waals surface area contributed by atoms with E-state index in [1.807, 2.05) is 13.0 Å². The molecule has 11 heteroatoms. The molecule has 10 nitrogen and oxygen atoms in total. The number of nitrogens with zero attached hydrogens (tertiary/aromatic N) is 2. The third-order valence-electron chi connectivity index (χ3n) is 6.69. The van der Waals surface area contributed by atoms with Gasteiger partial charge in [-0.15, -0.1) is 0 Å². The number of amides is 1. The number of aryl methyl sites for hydroxylation is 1. The van der Waals surface area contributed by atoms with Crippen LogP contribution in [0.15, 0.2) is 71.8 Å². The molecule has 0 aliphatic rings. The Labute approximate surface area is 231 Å². The number of primary sulfonamides is 1. The van der Waals surface area contributed by atoms with Gasteiger partial charge in [0.05, 0.1) is 38.1 Å². The summed E-state index contributed by atoms with van der Waals surface area (Å²) in [4.78, 5) is 18.5. The molecular weight excluding hydrogens is 532 g/mol. The van der Waals surface area contributed by atoms with E-state index >= 15 is 0 Å². The smallest absolute Gasteiger partial charge is 0.256 e. The molecule has 0 aliphatic carbocycles. The lowest BCUT2D eigenvalue weighted by atomic mass is 10.0. The minimum atomic E-state index is -3.98. The Morgan fingerprint density at radius 1 is 0.925 bits per heavy atom. The average Bonchev–Trinajstić information content (AvgIpc) is 3.34. The molecule has 0 bridgehead atoms. The summed E-state index contributed by atoms with van der Waals surface area (Å²) in [5.74, 6) is 1.31. The number of ether oxygens (including phenoxy) is 3. The maximum absolute atomic E-state index is 13.8. The molecule has 0 atom stereocenters. The normalized spacial score (nSPS) is 11.5. The van der Waals surface area contributed by atoms with E-state index in [1.165, 1.54) is 6.20 Å². The molecule has 5 rings (SSSR count). The Hall–Kier alpha value is -4.61. The highest BCUT2D eigenvalue weighted by Crippen LogP contribution is 2.35. The van der Waals surface area contributed by atoms with Gasteiger partial charge in [-0.25, -0.2) is 18.5 Å². The van der Waals surface area contributed by atoms with Crippen LogP contribution in [0.5, 0.6) is 17.2 Å². The Morgan fingerprint density at radius 2 is 1.65 bits per heavy atom. The van der Waals surface area contributed by atoms with Crippen molar-refractivity contribution in [2.24, 2.45) is 5.14 Å². The van der Waals surface area contributed by atoms with E-state index in [0.717, 1.165) is 0 Å². The molecule has 2 heterocycles. The van der Waals surface area contributed by atoms with Gasteiger partial charge in [-0.3, -0.25) is 4.79 Å². The summed E-state index contributed by atoms with van der Waals surface area (Å²) < 4.78 is 42.6. The van der Waals surface area contributed by atoms with E-state index in [9.17, 15) is 13.2 Å². The van der Waals surface area contributed by atoms with Gasteiger partial charge in [0.15, 0.2) is 0 Å². The fraction of sp³-hybridized carbons (Fsp3) is 0.172. The molecule has 0 saturated heterocycles. The van der Waals surface area contributed by atoms with Crippen LogP contribution >= 0.6 is 0 Å². The molecule has 0 aliphatic heterocycles. The number of nitrogens with one attached hydrogen (secondary N) is 1. The zero-order valence-electron chi connectivity index (χ0n) is 22.4. The maximum Gasteiger partial charge on any atom is 0.256 e. The summed E-state index contributed by atoms with van der Waals surface area (Å²) in [5, 5.41) is 9.38. The number of carbonyl (C=O) groups excluding carboxylic acids is 1.